The van der Waals surface area contributed by atoms with Gasteiger partial charge < -0.3 is 4.21 Å². The van der Waals surface area contributed by atoms with Gasteiger partial charge in [0.15, 0.2) is 0 Å². The van der Waals surface area contributed by atoms with Gasteiger partial charge in [-0.15, -0.1) is 0 Å². The van der Waals surface area contributed by atoms with Gasteiger partial charge in [0.05, 0.1) is 0 Å². The van der Waals surface area contributed by atoms with Crippen molar-refractivity contribution in [3.8, 4) is 0 Å². The summed E-state index contributed by atoms with van der Waals surface area (Å²) in [7, 11) is 4.33. The molecule has 0 aliphatic carbocycles. The van der Waals surface area contributed by atoms with Crippen LogP contribution < -0.4 is 18.9 Å². The van der Waals surface area contributed by atoms with E-state index in [4.69, 9.17) is 4.21 Å². The van der Waals surface area contributed by atoms with Crippen LogP contribution in [0.1, 0.15) is 0 Å². The van der Waals surface area contributed by atoms with Crippen molar-refractivity contribution in [2.75, 3.05) is 0 Å². The molecule has 0 amide bonds. The second kappa shape index (κ2) is 8.97. The molecule has 0 saturated heterocycles. The maximum atomic E-state index is 8.61. The van der Waals surface area contributed by atoms with Gasteiger partial charge in [0.25, 0.3) is 0 Å². The zero-order chi connectivity index (χ0) is 2.71. The molecule has 0 atom stereocenters. The van der Waals surface area contributed by atoms with E-state index < -0.39 is 0 Å². The van der Waals surface area contributed by atoms with Gasteiger partial charge in [-0.25, -0.2) is 0 Å². The fourth-order valence-electron chi connectivity index (χ4n) is 0. The summed E-state index contributed by atoms with van der Waals surface area (Å²) in [5.41, 5.74) is 0. The number of hydrogen-bond acceptors (Lipinski definition) is 2. The molecule has 4 heavy (non-hydrogen) atoms. The van der Waals surface area contributed by atoms with Crippen LogP contribution >= 0.6 is 10.7 Å². The summed E-state index contributed by atoms with van der Waals surface area (Å²) in [5.74, 6) is 0. The standard InChI is InChI=1S/ClOS.Li/c1-3-2;/q-1;+1. The molecular formula is ClLiOS. The minimum Gasteiger partial charge on any atom is -0.470 e. The third-order valence-corrected chi connectivity index (χ3v) is 0. The van der Waals surface area contributed by atoms with Crippen LogP contribution in [0.3, 0.4) is 0 Å². The Labute approximate surface area is 44.9 Å². The summed E-state index contributed by atoms with van der Waals surface area (Å²) in [4.78, 5) is 0. The Hall–Kier alpha value is 1.04. The normalized spacial score (nSPS) is 4.25. The molecule has 0 radical (unpaired) electrons. The SMILES string of the molecule is O=[S-]Cl.[Li+]. The Morgan fingerprint density at radius 2 is 1.75 bits per heavy atom. The molecule has 1 nitrogen and oxygen atoms in total. The summed E-state index contributed by atoms with van der Waals surface area (Å²) >= 11 is 0. The third kappa shape index (κ3) is 11.7. The van der Waals surface area contributed by atoms with Gasteiger partial charge in [-0.3, -0.25) is 21.6 Å². The van der Waals surface area contributed by atoms with Crippen molar-refractivity contribution in [2.24, 2.45) is 0 Å². The van der Waals surface area contributed by atoms with Gasteiger partial charge in [-0.2, -0.15) is 0 Å². The van der Waals surface area contributed by atoms with Gasteiger partial charge in [0.1, 0.15) is 0 Å². The third-order valence-electron chi connectivity index (χ3n) is 0. The first kappa shape index (κ1) is 8.90. The summed E-state index contributed by atoms with van der Waals surface area (Å²) in [5, 5.41) is 0. The Morgan fingerprint density at radius 1 is 1.75 bits per heavy atom. The second-order valence-electron chi connectivity index (χ2n) is 0.0630. The van der Waals surface area contributed by atoms with E-state index >= 15 is 0 Å². The van der Waals surface area contributed by atoms with Crippen LogP contribution in [-0.4, -0.2) is 0 Å². The first-order valence-corrected chi connectivity index (χ1v) is 1.89. The Kier molecular flexibility index (Phi) is 20.0. The molecule has 0 aliphatic heterocycles. The predicted molar refractivity (Wildman–Crippen MR) is 13.9 cm³/mol. The van der Waals surface area contributed by atoms with E-state index in [1.807, 2.05) is 0 Å². The minimum absolute atomic E-state index is 0. The zero-order valence-corrected chi connectivity index (χ0v) is 3.77. The van der Waals surface area contributed by atoms with E-state index in [-0.39, 0.29) is 29.7 Å². The predicted octanol–water partition coefficient (Wildman–Crippen LogP) is -2.43. The van der Waals surface area contributed by atoms with E-state index in [1.54, 1.807) is 0 Å². The van der Waals surface area contributed by atoms with Gasteiger partial charge in [-0.05, 0) is 0 Å². The summed E-state index contributed by atoms with van der Waals surface area (Å²) in [6.07, 6.45) is 0. The van der Waals surface area contributed by atoms with E-state index in [2.05, 4.69) is 10.7 Å². The van der Waals surface area contributed by atoms with Gasteiger partial charge in [0.2, 0.25) is 0 Å². The maximum Gasteiger partial charge on any atom is 1.00 e. The van der Waals surface area contributed by atoms with Gasteiger partial charge in [-0.1, -0.05) is 0 Å². The molecule has 0 aliphatic rings. The number of hydrogen-bond donors (Lipinski definition) is 0. The molecule has 4 heteroatoms. The summed E-state index contributed by atoms with van der Waals surface area (Å²) in [6, 6.07) is 0. The van der Waals surface area contributed by atoms with Crippen LogP contribution in [0.4, 0.5) is 0 Å². The van der Waals surface area contributed by atoms with E-state index in [1.165, 1.54) is 0 Å². The monoisotopic (exact) mass is 90.0 g/mol. The molecule has 0 aromatic heterocycles. The molecule has 0 bridgehead atoms. The van der Waals surface area contributed by atoms with Crippen LogP contribution in [0.5, 0.6) is 0 Å². The molecule has 0 rings (SSSR count). The molecule has 20 valence electrons. The fourth-order valence-corrected chi connectivity index (χ4v) is 0. The average Bonchev–Trinajstić information content (AvgIpc) is 0.918. The molecule has 0 heterocycles. The Bertz CT molecular complexity index is 15.5. The van der Waals surface area contributed by atoms with Crippen molar-refractivity contribution in [2.45, 2.75) is 0 Å². The number of halogens is 1. The van der Waals surface area contributed by atoms with Crippen LogP contribution in [0, 0.1) is 0 Å². The van der Waals surface area contributed by atoms with E-state index in [9.17, 15) is 0 Å². The Balaban J connectivity index is 0. The largest absolute Gasteiger partial charge is 1.00 e. The van der Waals surface area contributed by atoms with Crippen molar-refractivity contribution >= 4 is 21.6 Å². The second-order valence-corrected chi connectivity index (χ2v) is 0.567. The number of rotatable bonds is 0. The van der Waals surface area contributed by atoms with Crippen molar-refractivity contribution < 1.29 is 23.1 Å². The van der Waals surface area contributed by atoms with Crippen LogP contribution in [0.2, 0.25) is 0 Å². The van der Waals surface area contributed by atoms with E-state index in [0.717, 1.165) is 0 Å². The van der Waals surface area contributed by atoms with Crippen LogP contribution in [0.15, 0.2) is 0 Å². The molecule has 0 spiro atoms. The van der Waals surface area contributed by atoms with Gasteiger partial charge >= 0.3 is 18.9 Å². The van der Waals surface area contributed by atoms with Crippen molar-refractivity contribution in [1.82, 2.24) is 0 Å². The topological polar surface area (TPSA) is 17.1 Å². The van der Waals surface area contributed by atoms with Crippen LogP contribution in [0.25, 0.3) is 0 Å². The maximum absolute atomic E-state index is 8.61. The van der Waals surface area contributed by atoms with E-state index in [0.29, 0.717) is 0 Å². The molecule has 0 N–H and O–H groups in total. The molecule has 0 saturated carbocycles. The zero-order valence-electron chi connectivity index (χ0n) is 2.19. The van der Waals surface area contributed by atoms with Gasteiger partial charge in [0, 0.05) is 0 Å². The molecule has 0 aromatic rings. The summed E-state index contributed by atoms with van der Waals surface area (Å²) in [6.45, 7) is 0. The van der Waals surface area contributed by atoms with Crippen molar-refractivity contribution in [3.63, 3.8) is 0 Å². The Morgan fingerprint density at radius 3 is 1.75 bits per heavy atom. The smallest absolute Gasteiger partial charge is 0.470 e. The van der Waals surface area contributed by atoms with Crippen LogP contribution in [-0.2, 0) is 15.1 Å². The first-order valence-electron chi connectivity index (χ1n) is 0.321. The molecule has 0 fully saturated rings. The summed E-state index contributed by atoms with van der Waals surface area (Å²) < 4.78 is 8.61. The van der Waals surface area contributed by atoms with Crippen molar-refractivity contribution in [3.05, 3.63) is 0 Å². The molecule has 0 aromatic carbocycles. The quantitative estimate of drug-likeness (QED) is 0.184. The van der Waals surface area contributed by atoms with Crippen molar-refractivity contribution in [1.29, 1.82) is 0 Å². The first-order chi connectivity index (χ1) is 1.41. The average molecular weight is 90.5 g/mol. The molecular weight excluding hydrogens is 90.5 g/mol. The minimum atomic E-state index is -0.0278. The fraction of sp³-hybridized carbons (Fsp3) is 0. The molecule has 0 unspecified atom stereocenters.